The highest BCUT2D eigenvalue weighted by Gasteiger charge is 2.17. The van der Waals surface area contributed by atoms with Gasteiger partial charge in [-0.25, -0.2) is 0 Å². The Labute approximate surface area is 132 Å². The average molecular weight is 297 g/mol. The Kier molecular flexibility index (Phi) is 5.22. The van der Waals surface area contributed by atoms with Crippen LogP contribution in [0.15, 0.2) is 54.6 Å². The highest BCUT2D eigenvalue weighted by atomic mass is 16.5. The van der Waals surface area contributed by atoms with Gasteiger partial charge in [-0.15, -0.1) is 0 Å². The second-order valence-electron chi connectivity index (χ2n) is 5.92. The minimum Gasteiger partial charge on any atom is -0.396 e. The molecule has 1 heterocycles. The monoisotopic (exact) mass is 297 g/mol. The number of benzene rings is 2. The number of hydrogen-bond acceptors (Lipinski definition) is 3. The molecule has 116 valence electrons. The predicted octanol–water partition coefficient (Wildman–Crippen LogP) is 2.79. The van der Waals surface area contributed by atoms with Crippen LogP contribution >= 0.6 is 0 Å². The molecule has 0 spiro atoms. The van der Waals surface area contributed by atoms with E-state index in [0.29, 0.717) is 6.61 Å². The molecule has 0 aromatic heterocycles. The maximum atomic E-state index is 9.36. The molecule has 1 aliphatic heterocycles. The van der Waals surface area contributed by atoms with Crippen molar-refractivity contribution in [2.75, 3.05) is 32.9 Å². The predicted molar refractivity (Wildman–Crippen MR) is 88.5 cm³/mol. The molecule has 1 aliphatic rings. The Morgan fingerprint density at radius 1 is 1.00 bits per heavy atom. The van der Waals surface area contributed by atoms with E-state index in [1.165, 1.54) is 16.7 Å². The highest BCUT2D eigenvalue weighted by molar-refractivity contribution is 5.63. The maximum Gasteiger partial charge on any atom is 0.0593 e. The van der Waals surface area contributed by atoms with E-state index in [2.05, 4.69) is 53.4 Å². The lowest BCUT2D eigenvalue weighted by molar-refractivity contribution is 0.0958. The smallest absolute Gasteiger partial charge is 0.0593 e. The van der Waals surface area contributed by atoms with Crippen molar-refractivity contribution in [1.82, 2.24) is 4.90 Å². The Balaban J connectivity index is 1.65. The van der Waals surface area contributed by atoms with Crippen molar-refractivity contribution in [1.29, 1.82) is 0 Å². The summed E-state index contributed by atoms with van der Waals surface area (Å²) in [7, 11) is 0. The number of nitrogens with zero attached hydrogens (tertiary/aromatic N) is 1. The first-order chi connectivity index (χ1) is 10.8. The van der Waals surface area contributed by atoms with Crippen LogP contribution in [0.5, 0.6) is 0 Å². The van der Waals surface area contributed by atoms with Gasteiger partial charge in [0.1, 0.15) is 0 Å². The fourth-order valence-electron chi connectivity index (χ4n) is 2.90. The van der Waals surface area contributed by atoms with Crippen molar-refractivity contribution in [3.63, 3.8) is 0 Å². The zero-order valence-corrected chi connectivity index (χ0v) is 12.8. The maximum absolute atomic E-state index is 9.36. The van der Waals surface area contributed by atoms with Crippen LogP contribution in [0.3, 0.4) is 0 Å². The Morgan fingerprint density at radius 3 is 2.45 bits per heavy atom. The number of hydrogen-bond donors (Lipinski definition) is 1. The Bertz CT molecular complexity index is 568. The standard InChI is InChI=1S/C19H23NO2/c21-14-17-13-20(10-11-22-15-17)12-16-6-8-19(9-7-16)18-4-2-1-3-5-18/h1-9,17,21H,10-15H2. The molecule has 1 N–H and O–H groups in total. The van der Waals surface area contributed by atoms with Gasteiger partial charge in [-0.1, -0.05) is 54.6 Å². The van der Waals surface area contributed by atoms with Crippen molar-refractivity contribution in [2.45, 2.75) is 6.54 Å². The van der Waals surface area contributed by atoms with Gasteiger partial charge < -0.3 is 9.84 Å². The van der Waals surface area contributed by atoms with Crippen LogP contribution in [0.1, 0.15) is 5.56 Å². The van der Waals surface area contributed by atoms with Crippen LogP contribution in [-0.4, -0.2) is 42.9 Å². The van der Waals surface area contributed by atoms with Crippen molar-refractivity contribution >= 4 is 0 Å². The van der Waals surface area contributed by atoms with Gasteiger partial charge >= 0.3 is 0 Å². The van der Waals surface area contributed by atoms with Gasteiger partial charge in [0, 0.05) is 32.2 Å². The molecule has 1 fully saturated rings. The molecule has 22 heavy (non-hydrogen) atoms. The van der Waals surface area contributed by atoms with Crippen LogP contribution < -0.4 is 0 Å². The molecule has 0 radical (unpaired) electrons. The van der Waals surface area contributed by atoms with Gasteiger partial charge in [0.15, 0.2) is 0 Å². The molecule has 1 saturated heterocycles. The molecule has 1 atom stereocenters. The molecule has 0 aliphatic carbocycles. The summed E-state index contributed by atoms with van der Waals surface area (Å²) in [6.45, 7) is 4.35. The molecule has 0 saturated carbocycles. The summed E-state index contributed by atoms with van der Waals surface area (Å²) in [6, 6.07) is 19.2. The lowest BCUT2D eigenvalue weighted by Gasteiger charge is -2.22. The average Bonchev–Trinajstić information content (AvgIpc) is 2.81. The molecule has 2 aromatic rings. The third kappa shape index (κ3) is 3.95. The van der Waals surface area contributed by atoms with E-state index in [1.54, 1.807) is 0 Å². The third-order valence-electron chi connectivity index (χ3n) is 4.15. The fourth-order valence-corrected chi connectivity index (χ4v) is 2.90. The molecule has 0 amide bonds. The second kappa shape index (κ2) is 7.54. The molecular formula is C19H23NO2. The molecular weight excluding hydrogens is 274 g/mol. The normalized spacial score (nSPS) is 19.8. The van der Waals surface area contributed by atoms with Crippen molar-refractivity contribution in [2.24, 2.45) is 5.92 Å². The summed E-state index contributed by atoms with van der Waals surface area (Å²) in [6.07, 6.45) is 0. The quantitative estimate of drug-likeness (QED) is 0.942. The largest absolute Gasteiger partial charge is 0.396 e. The first-order valence-electron chi connectivity index (χ1n) is 7.90. The number of aliphatic hydroxyl groups excluding tert-OH is 1. The first-order valence-corrected chi connectivity index (χ1v) is 7.90. The third-order valence-corrected chi connectivity index (χ3v) is 4.15. The van der Waals surface area contributed by atoms with Crippen molar-refractivity contribution in [3.8, 4) is 11.1 Å². The van der Waals surface area contributed by atoms with E-state index < -0.39 is 0 Å². The number of rotatable bonds is 4. The summed E-state index contributed by atoms with van der Waals surface area (Å²) in [5.41, 5.74) is 3.80. The molecule has 2 aromatic carbocycles. The fraction of sp³-hybridized carbons (Fsp3) is 0.368. The zero-order chi connectivity index (χ0) is 15.2. The van der Waals surface area contributed by atoms with E-state index in [-0.39, 0.29) is 12.5 Å². The van der Waals surface area contributed by atoms with Crippen LogP contribution in [0.4, 0.5) is 0 Å². The summed E-state index contributed by atoms with van der Waals surface area (Å²) in [5.74, 6) is 0.228. The lowest BCUT2D eigenvalue weighted by atomic mass is 10.0. The van der Waals surface area contributed by atoms with E-state index in [4.69, 9.17) is 4.74 Å². The Hall–Kier alpha value is -1.68. The van der Waals surface area contributed by atoms with Gasteiger partial charge in [0.2, 0.25) is 0 Å². The summed E-state index contributed by atoms with van der Waals surface area (Å²) < 4.78 is 5.54. The van der Waals surface area contributed by atoms with E-state index in [1.807, 2.05) is 6.07 Å². The molecule has 3 heteroatoms. The number of aliphatic hydroxyl groups is 1. The van der Waals surface area contributed by atoms with Crippen LogP contribution in [0.2, 0.25) is 0 Å². The van der Waals surface area contributed by atoms with Crippen LogP contribution in [0.25, 0.3) is 11.1 Å². The topological polar surface area (TPSA) is 32.7 Å². The lowest BCUT2D eigenvalue weighted by Crippen LogP contribution is -2.30. The zero-order valence-electron chi connectivity index (χ0n) is 12.8. The summed E-state index contributed by atoms with van der Waals surface area (Å²) in [4.78, 5) is 2.37. The second-order valence-corrected chi connectivity index (χ2v) is 5.92. The van der Waals surface area contributed by atoms with Gasteiger partial charge in [0.05, 0.1) is 13.2 Å². The SMILES string of the molecule is OCC1COCCN(Cc2ccc(-c3ccccc3)cc2)C1. The highest BCUT2D eigenvalue weighted by Crippen LogP contribution is 2.20. The van der Waals surface area contributed by atoms with E-state index in [9.17, 15) is 5.11 Å². The first kappa shape index (κ1) is 15.2. The van der Waals surface area contributed by atoms with Crippen LogP contribution in [-0.2, 0) is 11.3 Å². The van der Waals surface area contributed by atoms with Crippen molar-refractivity contribution in [3.05, 3.63) is 60.2 Å². The molecule has 3 nitrogen and oxygen atoms in total. The van der Waals surface area contributed by atoms with Gasteiger partial charge in [-0.3, -0.25) is 4.90 Å². The van der Waals surface area contributed by atoms with Crippen molar-refractivity contribution < 1.29 is 9.84 Å². The molecule has 0 bridgehead atoms. The molecule has 3 rings (SSSR count). The van der Waals surface area contributed by atoms with E-state index >= 15 is 0 Å². The van der Waals surface area contributed by atoms with Gasteiger partial charge in [-0.2, -0.15) is 0 Å². The number of ether oxygens (including phenoxy) is 1. The van der Waals surface area contributed by atoms with Gasteiger partial charge in [-0.05, 0) is 16.7 Å². The Morgan fingerprint density at radius 2 is 1.73 bits per heavy atom. The summed E-state index contributed by atoms with van der Waals surface area (Å²) >= 11 is 0. The minimum atomic E-state index is 0.198. The summed E-state index contributed by atoms with van der Waals surface area (Å²) in [5, 5.41) is 9.36. The van der Waals surface area contributed by atoms with E-state index in [0.717, 1.165) is 26.2 Å². The minimum absolute atomic E-state index is 0.198. The molecule has 1 unspecified atom stereocenters. The van der Waals surface area contributed by atoms with Crippen LogP contribution in [0, 0.1) is 5.92 Å². The van der Waals surface area contributed by atoms with Gasteiger partial charge in [0.25, 0.3) is 0 Å².